The Bertz CT molecular complexity index is 731. The Kier molecular flexibility index (Phi) is 7.98. The maximum absolute atomic E-state index is 11.9. The average molecular weight is 420 g/mol. The van der Waals surface area contributed by atoms with Gasteiger partial charge in [-0.05, 0) is 70.1 Å². The molecule has 0 atom stereocenters. The second kappa shape index (κ2) is 10.2. The predicted molar refractivity (Wildman–Crippen MR) is 108 cm³/mol. The monoisotopic (exact) mass is 419 g/mol. The summed E-state index contributed by atoms with van der Waals surface area (Å²) in [4.78, 5) is 11.9. The van der Waals surface area contributed by atoms with Crippen LogP contribution in [0.2, 0.25) is 0 Å². The van der Waals surface area contributed by atoms with Crippen molar-refractivity contribution in [3.8, 4) is 11.5 Å². The van der Waals surface area contributed by atoms with E-state index in [9.17, 15) is 4.79 Å². The molecule has 2 rings (SSSR count). The van der Waals surface area contributed by atoms with Crippen molar-refractivity contribution in [1.82, 2.24) is 5.32 Å². The number of hydrogen-bond donors (Lipinski definition) is 1. The Morgan fingerprint density at radius 2 is 2.00 bits per heavy atom. The zero-order valence-corrected chi connectivity index (χ0v) is 17.1. The number of carbonyl (C=O) groups is 1. The van der Waals surface area contributed by atoms with Gasteiger partial charge in [-0.25, -0.2) is 0 Å². The minimum atomic E-state index is -0.115. The highest BCUT2D eigenvalue weighted by molar-refractivity contribution is 9.10. The highest BCUT2D eigenvalue weighted by Crippen LogP contribution is 2.28. The summed E-state index contributed by atoms with van der Waals surface area (Å²) in [5, 5.41) is 2.89. The Labute approximate surface area is 164 Å². The molecule has 2 aromatic rings. The summed E-state index contributed by atoms with van der Waals surface area (Å²) in [5.74, 6) is 1.87. The lowest BCUT2D eigenvalue weighted by atomic mass is 10.0. The molecule has 0 aliphatic carbocycles. The number of hydrogen-bond acceptors (Lipinski definition) is 3. The second-order valence-corrected chi connectivity index (χ2v) is 7.29. The summed E-state index contributed by atoms with van der Waals surface area (Å²) in [7, 11) is 1.66. The summed E-state index contributed by atoms with van der Waals surface area (Å²) in [6.45, 7) is 4.91. The molecule has 0 saturated carbocycles. The van der Waals surface area contributed by atoms with E-state index >= 15 is 0 Å². The molecule has 26 heavy (non-hydrogen) atoms. The van der Waals surface area contributed by atoms with Crippen LogP contribution in [0.1, 0.15) is 37.3 Å². The van der Waals surface area contributed by atoms with Crippen molar-refractivity contribution in [2.75, 3.05) is 20.3 Å². The highest BCUT2D eigenvalue weighted by atomic mass is 79.9. The van der Waals surface area contributed by atoms with Gasteiger partial charge < -0.3 is 14.8 Å². The molecule has 0 radical (unpaired) electrons. The number of halogens is 1. The summed E-state index contributed by atoms with van der Waals surface area (Å²) >= 11 is 3.50. The first-order chi connectivity index (χ1) is 12.5. The van der Waals surface area contributed by atoms with Gasteiger partial charge in [0.1, 0.15) is 11.5 Å². The third-order valence-electron chi connectivity index (χ3n) is 4.08. The van der Waals surface area contributed by atoms with Crippen molar-refractivity contribution >= 4 is 21.8 Å². The van der Waals surface area contributed by atoms with Crippen LogP contribution in [0, 0.1) is 0 Å². The second-order valence-electron chi connectivity index (χ2n) is 6.44. The molecule has 0 saturated heterocycles. The number of methoxy groups -OCH3 is 1. The minimum Gasteiger partial charge on any atom is -0.497 e. The lowest BCUT2D eigenvalue weighted by molar-refractivity contribution is -0.123. The van der Waals surface area contributed by atoms with E-state index in [2.05, 4.69) is 41.2 Å². The van der Waals surface area contributed by atoms with Gasteiger partial charge in [-0.3, -0.25) is 4.79 Å². The van der Waals surface area contributed by atoms with Gasteiger partial charge in [0, 0.05) is 6.54 Å². The van der Waals surface area contributed by atoms with Gasteiger partial charge in [-0.1, -0.05) is 32.0 Å². The van der Waals surface area contributed by atoms with E-state index in [1.54, 1.807) is 7.11 Å². The Morgan fingerprint density at radius 3 is 2.69 bits per heavy atom. The van der Waals surface area contributed by atoms with Crippen LogP contribution in [0.5, 0.6) is 11.5 Å². The van der Waals surface area contributed by atoms with Crippen LogP contribution < -0.4 is 14.8 Å². The van der Waals surface area contributed by atoms with Crippen LogP contribution in [0.25, 0.3) is 0 Å². The van der Waals surface area contributed by atoms with Crippen molar-refractivity contribution in [1.29, 1.82) is 0 Å². The molecule has 140 valence electrons. The summed E-state index contributed by atoms with van der Waals surface area (Å²) < 4.78 is 11.7. The number of carbonyl (C=O) groups excluding carboxylic acids is 1. The van der Waals surface area contributed by atoms with E-state index in [0.29, 0.717) is 18.2 Å². The summed E-state index contributed by atoms with van der Waals surface area (Å²) in [6, 6.07) is 13.9. The van der Waals surface area contributed by atoms with E-state index in [-0.39, 0.29) is 12.5 Å². The van der Waals surface area contributed by atoms with E-state index in [0.717, 1.165) is 23.1 Å². The van der Waals surface area contributed by atoms with Gasteiger partial charge in [-0.2, -0.15) is 0 Å². The molecule has 0 heterocycles. The standard InChI is InChI=1S/C21H26BrNO3/c1-15(2)17-9-10-20(19(22)13-17)26-14-21(24)23-11-5-7-16-6-4-8-18(12-16)25-3/h4,6,8-10,12-13,15H,5,7,11,14H2,1-3H3,(H,23,24). The molecule has 5 heteroatoms. The van der Waals surface area contributed by atoms with Crippen LogP contribution in [0.4, 0.5) is 0 Å². The topological polar surface area (TPSA) is 47.6 Å². The molecule has 0 spiro atoms. The van der Waals surface area contributed by atoms with Gasteiger partial charge in [0.25, 0.3) is 5.91 Å². The normalized spacial score (nSPS) is 10.7. The Morgan fingerprint density at radius 1 is 1.19 bits per heavy atom. The van der Waals surface area contributed by atoms with Crippen LogP contribution in [0.3, 0.4) is 0 Å². The predicted octanol–water partition coefficient (Wildman–Crippen LogP) is 4.71. The lowest BCUT2D eigenvalue weighted by Crippen LogP contribution is -2.30. The van der Waals surface area contributed by atoms with E-state index < -0.39 is 0 Å². The van der Waals surface area contributed by atoms with Gasteiger partial charge in [0.15, 0.2) is 6.61 Å². The molecule has 0 aromatic heterocycles. The molecule has 1 amide bonds. The fourth-order valence-electron chi connectivity index (χ4n) is 2.54. The van der Waals surface area contributed by atoms with Crippen LogP contribution in [0.15, 0.2) is 46.9 Å². The number of ether oxygens (including phenoxy) is 2. The first-order valence-electron chi connectivity index (χ1n) is 8.81. The van der Waals surface area contributed by atoms with Crippen molar-refractivity contribution in [3.63, 3.8) is 0 Å². The number of benzene rings is 2. The fourth-order valence-corrected chi connectivity index (χ4v) is 3.05. The molecular weight excluding hydrogens is 394 g/mol. The van der Waals surface area contributed by atoms with E-state index in [1.807, 2.05) is 36.4 Å². The van der Waals surface area contributed by atoms with Gasteiger partial charge >= 0.3 is 0 Å². The smallest absolute Gasteiger partial charge is 0.257 e. The summed E-state index contributed by atoms with van der Waals surface area (Å²) in [5.41, 5.74) is 2.43. The number of nitrogens with one attached hydrogen (secondary N) is 1. The van der Waals surface area contributed by atoms with Gasteiger partial charge in [0.2, 0.25) is 0 Å². The molecule has 0 aliphatic heterocycles. The number of rotatable bonds is 9. The largest absolute Gasteiger partial charge is 0.497 e. The van der Waals surface area contributed by atoms with Crippen LogP contribution in [-0.4, -0.2) is 26.2 Å². The maximum atomic E-state index is 11.9. The lowest BCUT2D eigenvalue weighted by Gasteiger charge is -2.11. The van der Waals surface area contributed by atoms with E-state index in [1.165, 1.54) is 11.1 Å². The molecule has 4 nitrogen and oxygen atoms in total. The quantitative estimate of drug-likeness (QED) is 0.598. The maximum Gasteiger partial charge on any atom is 0.257 e. The Balaban J connectivity index is 1.70. The van der Waals surface area contributed by atoms with Crippen molar-refractivity contribution in [2.24, 2.45) is 0 Å². The molecule has 2 aromatic carbocycles. The van der Waals surface area contributed by atoms with Gasteiger partial charge in [-0.15, -0.1) is 0 Å². The zero-order valence-electron chi connectivity index (χ0n) is 15.5. The Hall–Kier alpha value is -2.01. The molecule has 0 unspecified atom stereocenters. The van der Waals surface area contributed by atoms with Crippen LogP contribution in [-0.2, 0) is 11.2 Å². The SMILES string of the molecule is COc1cccc(CCCNC(=O)COc2ccc(C(C)C)cc2Br)c1. The third kappa shape index (κ3) is 6.37. The first-order valence-corrected chi connectivity index (χ1v) is 9.60. The molecule has 0 bridgehead atoms. The summed E-state index contributed by atoms with van der Waals surface area (Å²) in [6.07, 6.45) is 1.76. The minimum absolute atomic E-state index is 0.0127. The number of aryl methyl sites for hydroxylation is 1. The third-order valence-corrected chi connectivity index (χ3v) is 4.70. The first kappa shape index (κ1) is 20.3. The van der Waals surface area contributed by atoms with E-state index in [4.69, 9.17) is 9.47 Å². The van der Waals surface area contributed by atoms with Crippen LogP contribution >= 0.6 is 15.9 Å². The van der Waals surface area contributed by atoms with Gasteiger partial charge in [0.05, 0.1) is 11.6 Å². The average Bonchev–Trinajstić information content (AvgIpc) is 2.64. The van der Waals surface area contributed by atoms with Crippen molar-refractivity contribution in [2.45, 2.75) is 32.6 Å². The zero-order chi connectivity index (χ0) is 18.9. The molecule has 0 fully saturated rings. The molecule has 1 N–H and O–H groups in total. The number of amides is 1. The molecular formula is C21H26BrNO3. The highest BCUT2D eigenvalue weighted by Gasteiger charge is 2.08. The fraction of sp³-hybridized carbons (Fsp3) is 0.381. The van der Waals surface area contributed by atoms with Crippen molar-refractivity contribution < 1.29 is 14.3 Å². The van der Waals surface area contributed by atoms with Crippen molar-refractivity contribution in [3.05, 3.63) is 58.1 Å². The molecule has 0 aliphatic rings.